The molecule has 0 aliphatic carbocycles. The Balaban J connectivity index is 2.38. The fraction of sp³-hybridized carbons (Fsp3) is 0.625. The topological polar surface area (TPSA) is 15.3 Å². The maximum Gasteiger partial charge on any atom is 0.0401 e. The van der Waals surface area contributed by atoms with E-state index in [2.05, 4.69) is 63.0 Å². The van der Waals surface area contributed by atoms with Gasteiger partial charge in [0.25, 0.3) is 0 Å². The van der Waals surface area contributed by atoms with Gasteiger partial charge in [0, 0.05) is 23.8 Å². The van der Waals surface area contributed by atoms with E-state index < -0.39 is 0 Å². The van der Waals surface area contributed by atoms with E-state index in [1.165, 1.54) is 23.2 Å². The van der Waals surface area contributed by atoms with Gasteiger partial charge in [-0.25, -0.2) is 0 Å². The smallest absolute Gasteiger partial charge is 0.0401 e. The van der Waals surface area contributed by atoms with Gasteiger partial charge in [-0.05, 0) is 59.2 Å². The second-order valence-electron chi connectivity index (χ2n) is 6.32. The normalized spacial score (nSPS) is 23.8. The summed E-state index contributed by atoms with van der Waals surface area (Å²) in [5, 5.41) is 3.59. The van der Waals surface area contributed by atoms with Crippen LogP contribution in [0.2, 0.25) is 0 Å². The molecule has 0 radical (unpaired) electrons. The SMILES string of the molecule is Cc1ccc(N2CC(C)NCCC2(C)C)c(C)c1. The van der Waals surface area contributed by atoms with Crippen LogP contribution in [-0.2, 0) is 0 Å². The van der Waals surface area contributed by atoms with Crippen LogP contribution in [0.5, 0.6) is 0 Å². The second kappa shape index (κ2) is 4.93. The molecule has 1 N–H and O–H groups in total. The van der Waals surface area contributed by atoms with E-state index in [0.717, 1.165) is 13.1 Å². The Bertz CT molecular complexity index is 423. The van der Waals surface area contributed by atoms with Crippen LogP contribution in [0.15, 0.2) is 18.2 Å². The van der Waals surface area contributed by atoms with Crippen molar-refractivity contribution in [2.45, 2.75) is 52.6 Å². The molecule has 1 fully saturated rings. The van der Waals surface area contributed by atoms with Gasteiger partial charge in [0.1, 0.15) is 0 Å². The van der Waals surface area contributed by atoms with Gasteiger partial charge >= 0.3 is 0 Å². The largest absolute Gasteiger partial charge is 0.365 e. The highest BCUT2D eigenvalue weighted by Gasteiger charge is 2.31. The van der Waals surface area contributed by atoms with Crippen LogP contribution in [0.4, 0.5) is 5.69 Å². The molecule has 1 aliphatic rings. The average Bonchev–Trinajstić information content (AvgIpc) is 2.38. The molecule has 100 valence electrons. The van der Waals surface area contributed by atoms with Crippen LogP contribution in [0, 0.1) is 13.8 Å². The summed E-state index contributed by atoms with van der Waals surface area (Å²) >= 11 is 0. The predicted molar refractivity (Wildman–Crippen MR) is 79.4 cm³/mol. The van der Waals surface area contributed by atoms with Gasteiger partial charge in [-0.3, -0.25) is 0 Å². The van der Waals surface area contributed by atoms with Crippen molar-refractivity contribution >= 4 is 5.69 Å². The Hall–Kier alpha value is -1.02. The third-order valence-electron chi connectivity index (χ3n) is 4.06. The molecule has 1 aliphatic heterocycles. The van der Waals surface area contributed by atoms with Crippen molar-refractivity contribution in [3.05, 3.63) is 29.3 Å². The first kappa shape index (κ1) is 13.4. The minimum absolute atomic E-state index is 0.220. The summed E-state index contributed by atoms with van der Waals surface area (Å²) in [6.45, 7) is 13.6. The number of hydrogen-bond donors (Lipinski definition) is 1. The molecule has 18 heavy (non-hydrogen) atoms. The third-order valence-corrected chi connectivity index (χ3v) is 4.06. The summed E-state index contributed by atoms with van der Waals surface area (Å²) in [7, 11) is 0. The first-order chi connectivity index (χ1) is 8.40. The quantitative estimate of drug-likeness (QED) is 0.818. The highest BCUT2D eigenvalue weighted by Crippen LogP contribution is 2.31. The highest BCUT2D eigenvalue weighted by atomic mass is 15.2. The van der Waals surface area contributed by atoms with Crippen LogP contribution >= 0.6 is 0 Å². The van der Waals surface area contributed by atoms with Gasteiger partial charge in [-0.2, -0.15) is 0 Å². The fourth-order valence-electron chi connectivity index (χ4n) is 2.88. The molecule has 1 unspecified atom stereocenters. The molecule has 1 aromatic carbocycles. The van der Waals surface area contributed by atoms with Crippen LogP contribution in [0.25, 0.3) is 0 Å². The van der Waals surface area contributed by atoms with E-state index in [4.69, 9.17) is 0 Å². The number of nitrogens with one attached hydrogen (secondary N) is 1. The number of anilines is 1. The lowest BCUT2D eigenvalue weighted by Crippen LogP contribution is -2.46. The number of aryl methyl sites for hydroxylation is 2. The summed E-state index contributed by atoms with van der Waals surface area (Å²) in [5.41, 5.74) is 4.34. The van der Waals surface area contributed by atoms with Gasteiger partial charge in [0.05, 0.1) is 0 Å². The Labute approximate surface area is 111 Å². The first-order valence-electron chi connectivity index (χ1n) is 6.98. The van der Waals surface area contributed by atoms with Crippen molar-refractivity contribution in [2.24, 2.45) is 0 Å². The van der Waals surface area contributed by atoms with E-state index >= 15 is 0 Å². The zero-order chi connectivity index (χ0) is 13.3. The molecule has 1 heterocycles. The molecule has 1 aromatic rings. The van der Waals surface area contributed by atoms with Crippen LogP contribution in [0.1, 0.15) is 38.3 Å². The molecule has 2 rings (SSSR count). The zero-order valence-electron chi connectivity index (χ0n) is 12.4. The Morgan fingerprint density at radius 3 is 2.67 bits per heavy atom. The molecule has 0 amide bonds. The standard InChI is InChI=1S/C16H26N2/c1-12-6-7-15(13(2)10-12)18-11-14(3)17-9-8-16(18,4)5/h6-7,10,14,17H,8-9,11H2,1-5H3. The molecule has 0 spiro atoms. The van der Waals surface area contributed by atoms with Crippen molar-refractivity contribution in [3.8, 4) is 0 Å². The first-order valence-corrected chi connectivity index (χ1v) is 6.98. The summed E-state index contributed by atoms with van der Waals surface area (Å²) in [4.78, 5) is 2.58. The molecular weight excluding hydrogens is 220 g/mol. The lowest BCUT2D eigenvalue weighted by atomic mass is 9.96. The minimum Gasteiger partial charge on any atom is -0.365 e. The Morgan fingerprint density at radius 2 is 2.00 bits per heavy atom. The number of benzene rings is 1. The minimum atomic E-state index is 0.220. The number of rotatable bonds is 1. The van der Waals surface area contributed by atoms with E-state index in [-0.39, 0.29) is 5.54 Å². The van der Waals surface area contributed by atoms with Gasteiger partial charge in [-0.1, -0.05) is 17.7 Å². The van der Waals surface area contributed by atoms with Crippen molar-refractivity contribution in [1.29, 1.82) is 0 Å². The molecule has 2 nitrogen and oxygen atoms in total. The van der Waals surface area contributed by atoms with Crippen LogP contribution < -0.4 is 10.2 Å². The lowest BCUT2D eigenvalue weighted by Gasteiger charge is -2.40. The molecule has 1 saturated heterocycles. The molecule has 0 bridgehead atoms. The van der Waals surface area contributed by atoms with Gasteiger partial charge in [-0.15, -0.1) is 0 Å². The van der Waals surface area contributed by atoms with Gasteiger partial charge in [0.2, 0.25) is 0 Å². The number of hydrogen-bond acceptors (Lipinski definition) is 2. The van der Waals surface area contributed by atoms with Crippen LogP contribution in [-0.4, -0.2) is 24.7 Å². The summed E-state index contributed by atoms with van der Waals surface area (Å²) < 4.78 is 0. The van der Waals surface area contributed by atoms with E-state index in [1.807, 2.05) is 0 Å². The summed E-state index contributed by atoms with van der Waals surface area (Å²) in [6, 6.07) is 7.34. The fourth-order valence-corrected chi connectivity index (χ4v) is 2.88. The van der Waals surface area contributed by atoms with Gasteiger partial charge in [0.15, 0.2) is 0 Å². The lowest BCUT2D eigenvalue weighted by molar-refractivity contribution is 0.452. The van der Waals surface area contributed by atoms with E-state index in [0.29, 0.717) is 6.04 Å². The van der Waals surface area contributed by atoms with Crippen LogP contribution in [0.3, 0.4) is 0 Å². The van der Waals surface area contributed by atoms with Crippen molar-refractivity contribution < 1.29 is 0 Å². The second-order valence-corrected chi connectivity index (χ2v) is 6.32. The maximum absolute atomic E-state index is 3.59. The molecular formula is C16H26N2. The van der Waals surface area contributed by atoms with Crippen molar-refractivity contribution in [3.63, 3.8) is 0 Å². The molecule has 0 saturated carbocycles. The van der Waals surface area contributed by atoms with E-state index in [9.17, 15) is 0 Å². The van der Waals surface area contributed by atoms with Gasteiger partial charge < -0.3 is 10.2 Å². The summed E-state index contributed by atoms with van der Waals surface area (Å²) in [5.74, 6) is 0. The molecule has 1 atom stereocenters. The Morgan fingerprint density at radius 1 is 1.28 bits per heavy atom. The van der Waals surface area contributed by atoms with E-state index in [1.54, 1.807) is 0 Å². The maximum atomic E-state index is 3.59. The zero-order valence-corrected chi connectivity index (χ0v) is 12.4. The molecule has 2 heteroatoms. The predicted octanol–water partition coefficient (Wildman–Crippen LogP) is 3.27. The number of nitrogens with zero attached hydrogens (tertiary/aromatic N) is 1. The van der Waals surface area contributed by atoms with Crippen molar-refractivity contribution in [1.82, 2.24) is 5.32 Å². The average molecular weight is 246 g/mol. The monoisotopic (exact) mass is 246 g/mol. The summed E-state index contributed by atoms with van der Waals surface area (Å²) in [6.07, 6.45) is 1.19. The molecule has 0 aromatic heterocycles. The van der Waals surface area contributed by atoms with Crippen molar-refractivity contribution in [2.75, 3.05) is 18.0 Å². The third kappa shape index (κ3) is 2.69. The highest BCUT2D eigenvalue weighted by molar-refractivity contribution is 5.56. The Kier molecular flexibility index (Phi) is 3.67.